The van der Waals surface area contributed by atoms with Gasteiger partial charge in [-0.25, -0.2) is 8.42 Å². The lowest BCUT2D eigenvalue weighted by Crippen LogP contribution is -2.05. The van der Waals surface area contributed by atoms with Gasteiger partial charge in [0, 0.05) is 17.3 Å². The number of rotatable bonds is 6. The minimum atomic E-state index is -3.90. The SMILES string of the molecule is COc1cccc(Nc2oc(-c3ccccc3C)nc2S(=O)(=O)c2ccccc2)c1. The van der Waals surface area contributed by atoms with Crippen LogP contribution in [0, 0.1) is 6.92 Å². The molecular weight excluding hydrogens is 400 g/mol. The topological polar surface area (TPSA) is 81.4 Å². The van der Waals surface area contributed by atoms with E-state index < -0.39 is 9.84 Å². The molecule has 0 spiro atoms. The molecule has 0 bridgehead atoms. The van der Waals surface area contributed by atoms with Crippen molar-refractivity contribution in [2.75, 3.05) is 12.4 Å². The van der Waals surface area contributed by atoms with Gasteiger partial charge in [0.2, 0.25) is 26.6 Å². The molecule has 0 amide bonds. The number of nitrogens with one attached hydrogen (secondary N) is 1. The first-order chi connectivity index (χ1) is 14.5. The smallest absolute Gasteiger partial charge is 0.238 e. The molecular formula is C23H20N2O4S. The normalized spacial score (nSPS) is 11.3. The number of aryl methyl sites for hydroxylation is 1. The van der Waals surface area contributed by atoms with Gasteiger partial charge in [-0.05, 0) is 42.8 Å². The number of methoxy groups -OCH3 is 1. The summed E-state index contributed by atoms with van der Waals surface area (Å²) in [7, 11) is -2.34. The van der Waals surface area contributed by atoms with Gasteiger partial charge in [-0.2, -0.15) is 4.98 Å². The third-order valence-corrected chi connectivity index (χ3v) is 6.29. The highest BCUT2D eigenvalue weighted by Crippen LogP contribution is 2.35. The van der Waals surface area contributed by atoms with E-state index in [0.717, 1.165) is 11.1 Å². The minimum absolute atomic E-state index is 0.0466. The molecule has 30 heavy (non-hydrogen) atoms. The quantitative estimate of drug-likeness (QED) is 0.460. The summed E-state index contributed by atoms with van der Waals surface area (Å²) in [5, 5.41) is 2.87. The van der Waals surface area contributed by atoms with Crippen molar-refractivity contribution in [1.29, 1.82) is 0 Å². The van der Waals surface area contributed by atoms with E-state index in [-0.39, 0.29) is 21.7 Å². The van der Waals surface area contributed by atoms with Gasteiger partial charge in [0.25, 0.3) is 0 Å². The lowest BCUT2D eigenvalue weighted by molar-refractivity contribution is 0.415. The number of hydrogen-bond acceptors (Lipinski definition) is 6. The molecule has 0 fully saturated rings. The predicted molar refractivity (Wildman–Crippen MR) is 115 cm³/mol. The van der Waals surface area contributed by atoms with Crippen LogP contribution in [0.3, 0.4) is 0 Å². The van der Waals surface area contributed by atoms with Crippen LogP contribution in [0.4, 0.5) is 11.6 Å². The highest BCUT2D eigenvalue weighted by atomic mass is 32.2. The summed E-state index contributed by atoms with van der Waals surface area (Å²) >= 11 is 0. The molecule has 0 radical (unpaired) electrons. The van der Waals surface area contributed by atoms with E-state index in [1.165, 1.54) is 12.1 Å². The highest BCUT2D eigenvalue weighted by molar-refractivity contribution is 7.91. The lowest BCUT2D eigenvalue weighted by Gasteiger charge is -2.07. The molecule has 0 aliphatic carbocycles. The van der Waals surface area contributed by atoms with Crippen molar-refractivity contribution < 1.29 is 17.6 Å². The van der Waals surface area contributed by atoms with Crippen LogP contribution in [0.25, 0.3) is 11.5 Å². The Morgan fingerprint density at radius 1 is 0.933 bits per heavy atom. The summed E-state index contributed by atoms with van der Waals surface area (Å²) < 4.78 is 37.8. The number of ether oxygens (including phenoxy) is 1. The van der Waals surface area contributed by atoms with E-state index in [4.69, 9.17) is 9.15 Å². The molecule has 0 saturated carbocycles. The standard InChI is InChI=1S/C23H20N2O4S/c1-16-9-6-7-14-20(16)21-25-23(30(26,27)19-12-4-3-5-13-19)22(29-21)24-17-10-8-11-18(15-17)28-2/h3-15,24H,1-2H3. The molecule has 3 aromatic carbocycles. The number of sulfone groups is 1. The highest BCUT2D eigenvalue weighted by Gasteiger charge is 2.29. The molecule has 0 aliphatic heterocycles. The van der Waals surface area contributed by atoms with Crippen molar-refractivity contribution in [3.63, 3.8) is 0 Å². The zero-order chi connectivity index (χ0) is 21.1. The first kappa shape index (κ1) is 19.7. The maximum Gasteiger partial charge on any atom is 0.238 e. The van der Waals surface area contributed by atoms with Gasteiger partial charge in [0.15, 0.2) is 0 Å². The van der Waals surface area contributed by atoms with Crippen LogP contribution >= 0.6 is 0 Å². The summed E-state index contributed by atoms with van der Waals surface area (Å²) in [4.78, 5) is 4.52. The number of benzene rings is 3. The fraction of sp³-hybridized carbons (Fsp3) is 0.0870. The Hall–Kier alpha value is -3.58. The van der Waals surface area contributed by atoms with Crippen molar-refractivity contribution in [3.05, 3.63) is 84.4 Å². The van der Waals surface area contributed by atoms with Crippen LogP contribution in [-0.4, -0.2) is 20.5 Å². The maximum absolute atomic E-state index is 13.3. The molecule has 0 aliphatic rings. The zero-order valence-corrected chi connectivity index (χ0v) is 17.3. The summed E-state index contributed by atoms with van der Waals surface area (Å²) in [5.41, 5.74) is 2.27. The van der Waals surface area contributed by atoms with Crippen LogP contribution in [-0.2, 0) is 9.84 Å². The second-order valence-corrected chi connectivity index (χ2v) is 8.51. The molecule has 0 unspecified atom stereocenters. The molecule has 4 aromatic rings. The van der Waals surface area contributed by atoms with Gasteiger partial charge in [-0.3, -0.25) is 0 Å². The molecule has 152 valence electrons. The summed E-state index contributed by atoms with van der Waals surface area (Å²) in [6, 6.07) is 22.8. The molecule has 1 aromatic heterocycles. The fourth-order valence-electron chi connectivity index (χ4n) is 3.04. The average molecular weight is 420 g/mol. The van der Waals surface area contributed by atoms with Gasteiger partial charge in [-0.15, -0.1) is 0 Å². The molecule has 0 atom stereocenters. The molecule has 0 saturated heterocycles. The van der Waals surface area contributed by atoms with E-state index in [0.29, 0.717) is 11.4 Å². The Morgan fingerprint density at radius 3 is 2.40 bits per heavy atom. The summed E-state index contributed by atoms with van der Waals surface area (Å²) in [5.74, 6) is 0.907. The minimum Gasteiger partial charge on any atom is -0.497 e. The number of hydrogen-bond donors (Lipinski definition) is 1. The second-order valence-electron chi connectivity index (χ2n) is 6.64. The average Bonchev–Trinajstić information content (AvgIpc) is 3.19. The Kier molecular flexibility index (Phi) is 5.29. The van der Waals surface area contributed by atoms with Gasteiger partial charge in [-0.1, -0.05) is 42.5 Å². The van der Waals surface area contributed by atoms with Gasteiger partial charge in [0.05, 0.1) is 12.0 Å². The molecule has 1 heterocycles. The lowest BCUT2D eigenvalue weighted by atomic mass is 10.1. The zero-order valence-electron chi connectivity index (χ0n) is 16.5. The van der Waals surface area contributed by atoms with Crippen molar-refractivity contribution >= 4 is 21.4 Å². The van der Waals surface area contributed by atoms with Gasteiger partial charge >= 0.3 is 0 Å². The van der Waals surface area contributed by atoms with E-state index in [2.05, 4.69) is 10.3 Å². The molecule has 7 heteroatoms. The van der Waals surface area contributed by atoms with Crippen LogP contribution in [0.5, 0.6) is 5.75 Å². The third-order valence-electron chi connectivity index (χ3n) is 4.61. The van der Waals surface area contributed by atoms with Crippen molar-refractivity contribution in [2.24, 2.45) is 0 Å². The van der Waals surface area contributed by atoms with Crippen LogP contribution in [0.2, 0.25) is 0 Å². The van der Waals surface area contributed by atoms with Crippen LogP contribution in [0.1, 0.15) is 5.56 Å². The first-order valence-corrected chi connectivity index (χ1v) is 10.8. The van der Waals surface area contributed by atoms with Crippen molar-refractivity contribution in [3.8, 4) is 17.2 Å². The fourth-order valence-corrected chi connectivity index (χ4v) is 4.32. The number of anilines is 2. The van der Waals surface area contributed by atoms with E-state index in [1.54, 1.807) is 49.6 Å². The summed E-state index contributed by atoms with van der Waals surface area (Å²) in [6.45, 7) is 1.92. The van der Waals surface area contributed by atoms with E-state index >= 15 is 0 Å². The molecule has 4 rings (SSSR count). The van der Waals surface area contributed by atoms with Crippen LogP contribution < -0.4 is 10.1 Å². The first-order valence-electron chi connectivity index (χ1n) is 9.27. The van der Waals surface area contributed by atoms with Crippen LogP contribution in [0.15, 0.2) is 93.2 Å². The number of nitrogens with zero attached hydrogens (tertiary/aromatic N) is 1. The molecule has 1 N–H and O–H groups in total. The molecule has 6 nitrogen and oxygen atoms in total. The van der Waals surface area contributed by atoms with Gasteiger partial charge in [0.1, 0.15) is 5.75 Å². The van der Waals surface area contributed by atoms with E-state index in [1.807, 2.05) is 31.2 Å². The Bertz CT molecular complexity index is 1280. The Balaban J connectivity index is 1.86. The summed E-state index contributed by atoms with van der Waals surface area (Å²) in [6.07, 6.45) is 0. The maximum atomic E-state index is 13.3. The Morgan fingerprint density at radius 2 is 1.67 bits per heavy atom. The van der Waals surface area contributed by atoms with Crippen molar-refractivity contribution in [1.82, 2.24) is 4.98 Å². The van der Waals surface area contributed by atoms with Crippen molar-refractivity contribution in [2.45, 2.75) is 16.8 Å². The Labute approximate surface area is 175 Å². The second kappa shape index (κ2) is 8.04. The van der Waals surface area contributed by atoms with E-state index in [9.17, 15) is 8.42 Å². The number of aromatic nitrogens is 1. The number of oxazole rings is 1. The largest absolute Gasteiger partial charge is 0.497 e. The monoisotopic (exact) mass is 420 g/mol. The van der Waals surface area contributed by atoms with Gasteiger partial charge < -0.3 is 14.5 Å². The third kappa shape index (κ3) is 3.79. The predicted octanol–water partition coefficient (Wildman–Crippen LogP) is 5.24.